The van der Waals surface area contributed by atoms with Crippen LogP contribution in [-0.2, 0) is 16.0 Å². The van der Waals surface area contributed by atoms with Crippen LogP contribution in [0.5, 0.6) is 5.75 Å². The summed E-state index contributed by atoms with van der Waals surface area (Å²) in [5.74, 6) is 0.602. The summed E-state index contributed by atoms with van der Waals surface area (Å²) in [6, 6.07) is 18.9. The van der Waals surface area contributed by atoms with Gasteiger partial charge in [0.1, 0.15) is 17.9 Å². The summed E-state index contributed by atoms with van der Waals surface area (Å²) in [5.41, 5.74) is 1.12. The molecule has 1 aliphatic heterocycles. The van der Waals surface area contributed by atoms with Gasteiger partial charge in [-0.25, -0.2) is 0 Å². The number of carbonyl (C=O) groups is 2. The van der Waals surface area contributed by atoms with E-state index in [0.29, 0.717) is 25.8 Å². The largest absolute Gasteiger partial charge is 0.488 e. The molecule has 26 heavy (non-hydrogen) atoms. The van der Waals surface area contributed by atoms with Crippen LogP contribution >= 0.6 is 0 Å². The van der Waals surface area contributed by atoms with E-state index < -0.39 is 6.04 Å². The number of ether oxygens (including phenoxy) is 1. The monoisotopic (exact) mass is 352 g/mol. The van der Waals surface area contributed by atoms with Crippen molar-refractivity contribution < 1.29 is 14.3 Å². The fraction of sp³-hybridized carbons (Fsp3) is 0.333. The standard InChI is InChI=1S/C21H24N2O3/c1-22-21(25)19-14-18(26-17-10-6-3-7-11-17)15-23(19)20(24)13-12-16-8-4-2-5-9-16/h2-11,18-19H,12-15H2,1H3,(H,22,25)/t18-,19+/m0/s1. The molecule has 2 atom stereocenters. The van der Waals surface area contributed by atoms with Crippen LogP contribution in [-0.4, -0.2) is 42.5 Å². The fourth-order valence-electron chi connectivity index (χ4n) is 3.30. The summed E-state index contributed by atoms with van der Waals surface area (Å²) in [6.07, 6.45) is 1.38. The van der Waals surface area contributed by atoms with E-state index in [-0.39, 0.29) is 17.9 Å². The number of nitrogens with one attached hydrogen (secondary N) is 1. The number of likely N-dealkylation sites (N-methyl/N-ethyl adjacent to an activating group) is 1. The summed E-state index contributed by atoms with van der Waals surface area (Å²) in [6.45, 7) is 0.431. The average Bonchev–Trinajstić information content (AvgIpc) is 3.11. The van der Waals surface area contributed by atoms with Crippen molar-refractivity contribution >= 4 is 11.8 Å². The number of amides is 2. The number of benzene rings is 2. The first kappa shape index (κ1) is 18.0. The first-order chi connectivity index (χ1) is 12.7. The van der Waals surface area contributed by atoms with Crippen molar-refractivity contribution in [3.8, 4) is 5.75 Å². The zero-order valence-corrected chi connectivity index (χ0v) is 14.9. The Morgan fingerprint density at radius 3 is 2.38 bits per heavy atom. The Kier molecular flexibility index (Phi) is 5.89. The van der Waals surface area contributed by atoms with Gasteiger partial charge in [0.2, 0.25) is 11.8 Å². The molecule has 136 valence electrons. The van der Waals surface area contributed by atoms with E-state index in [1.807, 2.05) is 60.7 Å². The van der Waals surface area contributed by atoms with Crippen LogP contribution < -0.4 is 10.1 Å². The van der Waals surface area contributed by atoms with Crippen molar-refractivity contribution in [3.63, 3.8) is 0 Å². The van der Waals surface area contributed by atoms with Crippen LogP contribution in [0, 0.1) is 0 Å². The number of carbonyl (C=O) groups excluding carboxylic acids is 2. The van der Waals surface area contributed by atoms with Crippen molar-refractivity contribution in [2.24, 2.45) is 0 Å². The Morgan fingerprint density at radius 2 is 1.73 bits per heavy atom. The highest BCUT2D eigenvalue weighted by atomic mass is 16.5. The Hall–Kier alpha value is -2.82. The van der Waals surface area contributed by atoms with Gasteiger partial charge in [0.05, 0.1) is 6.54 Å². The van der Waals surface area contributed by atoms with Crippen molar-refractivity contribution in [3.05, 3.63) is 66.2 Å². The van der Waals surface area contributed by atoms with Gasteiger partial charge < -0.3 is 15.0 Å². The summed E-state index contributed by atoms with van der Waals surface area (Å²) >= 11 is 0. The van der Waals surface area contributed by atoms with Gasteiger partial charge in [0.15, 0.2) is 0 Å². The second-order valence-corrected chi connectivity index (χ2v) is 6.45. The molecule has 2 amide bonds. The highest BCUT2D eigenvalue weighted by Crippen LogP contribution is 2.24. The number of likely N-dealkylation sites (tertiary alicyclic amines) is 1. The molecule has 5 nitrogen and oxygen atoms in total. The van der Waals surface area contributed by atoms with E-state index in [1.54, 1.807) is 11.9 Å². The molecule has 0 bridgehead atoms. The molecule has 1 saturated heterocycles. The Morgan fingerprint density at radius 1 is 1.08 bits per heavy atom. The zero-order chi connectivity index (χ0) is 18.4. The van der Waals surface area contributed by atoms with Crippen LogP contribution in [0.1, 0.15) is 18.4 Å². The van der Waals surface area contributed by atoms with E-state index in [9.17, 15) is 9.59 Å². The van der Waals surface area contributed by atoms with E-state index in [0.717, 1.165) is 11.3 Å². The SMILES string of the molecule is CNC(=O)[C@H]1C[C@H](Oc2ccccc2)CN1C(=O)CCc1ccccc1. The average molecular weight is 352 g/mol. The molecule has 1 N–H and O–H groups in total. The highest BCUT2D eigenvalue weighted by Gasteiger charge is 2.40. The summed E-state index contributed by atoms with van der Waals surface area (Å²) < 4.78 is 5.97. The van der Waals surface area contributed by atoms with Gasteiger partial charge in [0, 0.05) is 19.9 Å². The van der Waals surface area contributed by atoms with Gasteiger partial charge in [-0.15, -0.1) is 0 Å². The first-order valence-corrected chi connectivity index (χ1v) is 8.94. The van der Waals surface area contributed by atoms with Crippen molar-refractivity contribution in [2.75, 3.05) is 13.6 Å². The maximum Gasteiger partial charge on any atom is 0.242 e. The van der Waals surface area contributed by atoms with Crippen LogP contribution in [0.25, 0.3) is 0 Å². The number of aryl methyl sites for hydroxylation is 1. The molecule has 2 aromatic carbocycles. The lowest BCUT2D eigenvalue weighted by Gasteiger charge is -2.23. The zero-order valence-electron chi connectivity index (χ0n) is 14.9. The Labute approximate surface area is 154 Å². The van der Waals surface area contributed by atoms with E-state index in [1.165, 1.54) is 0 Å². The second kappa shape index (κ2) is 8.52. The number of nitrogens with zero attached hydrogens (tertiary/aromatic N) is 1. The van der Waals surface area contributed by atoms with Gasteiger partial charge >= 0.3 is 0 Å². The molecule has 1 aliphatic rings. The molecule has 0 unspecified atom stereocenters. The molecule has 0 saturated carbocycles. The molecule has 1 heterocycles. The lowest BCUT2D eigenvalue weighted by molar-refractivity contribution is -0.138. The number of hydrogen-bond acceptors (Lipinski definition) is 3. The molecule has 0 radical (unpaired) electrons. The summed E-state index contributed by atoms with van der Waals surface area (Å²) in [5, 5.41) is 2.66. The van der Waals surface area contributed by atoms with Gasteiger partial charge in [0.25, 0.3) is 0 Å². The second-order valence-electron chi connectivity index (χ2n) is 6.45. The predicted molar refractivity (Wildman–Crippen MR) is 99.8 cm³/mol. The molecule has 2 aromatic rings. The minimum Gasteiger partial charge on any atom is -0.488 e. The van der Waals surface area contributed by atoms with E-state index in [4.69, 9.17) is 4.74 Å². The normalized spacial score (nSPS) is 19.2. The van der Waals surface area contributed by atoms with Gasteiger partial charge in [-0.1, -0.05) is 48.5 Å². The lowest BCUT2D eigenvalue weighted by Crippen LogP contribution is -2.45. The highest BCUT2D eigenvalue weighted by molar-refractivity contribution is 5.88. The summed E-state index contributed by atoms with van der Waals surface area (Å²) in [7, 11) is 1.60. The molecule has 5 heteroatoms. The Balaban J connectivity index is 1.64. The molecule has 0 aliphatic carbocycles. The predicted octanol–water partition coefficient (Wildman–Crippen LogP) is 2.41. The molecule has 1 fully saturated rings. The maximum atomic E-state index is 12.7. The minimum atomic E-state index is -0.475. The first-order valence-electron chi connectivity index (χ1n) is 8.94. The van der Waals surface area contributed by atoms with Crippen LogP contribution in [0.2, 0.25) is 0 Å². The van der Waals surface area contributed by atoms with Gasteiger partial charge in [-0.2, -0.15) is 0 Å². The van der Waals surface area contributed by atoms with Crippen LogP contribution in [0.15, 0.2) is 60.7 Å². The van der Waals surface area contributed by atoms with Gasteiger partial charge in [-0.3, -0.25) is 9.59 Å². The third-order valence-electron chi connectivity index (χ3n) is 4.65. The Bertz CT molecular complexity index is 733. The summed E-state index contributed by atoms with van der Waals surface area (Å²) in [4.78, 5) is 26.6. The molecule has 0 aromatic heterocycles. The maximum absolute atomic E-state index is 12.7. The number of hydrogen-bond donors (Lipinski definition) is 1. The quantitative estimate of drug-likeness (QED) is 0.869. The van der Waals surface area contributed by atoms with Gasteiger partial charge in [-0.05, 0) is 24.1 Å². The van der Waals surface area contributed by atoms with Crippen molar-refractivity contribution in [2.45, 2.75) is 31.4 Å². The van der Waals surface area contributed by atoms with Crippen molar-refractivity contribution in [1.82, 2.24) is 10.2 Å². The molecule has 3 rings (SSSR count). The fourth-order valence-corrected chi connectivity index (χ4v) is 3.30. The topological polar surface area (TPSA) is 58.6 Å². The third kappa shape index (κ3) is 4.42. The third-order valence-corrected chi connectivity index (χ3v) is 4.65. The smallest absolute Gasteiger partial charge is 0.242 e. The molecular weight excluding hydrogens is 328 g/mol. The van der Waals surface area contributed by atoms with Crippen LogP contribution in [0.4, 0.5) is 0 Å². The van der Waals surface area contributed by atoms with Crippen LogP contribution in [0.3, 0.4) is 0 Å². The van der Waals surface area contributed by atoms with E-state index >= 15 is 0 Å². The number of para-hydroxylation sites is 1. The molecule has 0 spiro atoms. The minimum absolute atomic E-state index is 0.0124. The lowest BCUT2D eigenvalue weighted by atomic mass is 10.1. The molecular formula is C21H24N2O3. The number of rotatable bonds is 6. The van der Waals surface area contributed by atoms with Crippen molar-refractivity contribution in [1.29, 1.82) is 0 Å². The van der Waals surface area contributed by atoms with E-state index in [2.05, 4.69) is 5.32 Å².